The van der Waals surface area contributed by atoms with Crippen LogP contribution in [0.2, 0.25) is 0 Å². The Hall–Kier alpha value is -2.43. The molecule has 0 aliphatic rings. The molecule has 0 saturated carbocycles. The summed E-state index contributed by atoms with van der Waals surface area (Å²) in [5.74, 6) is 1.40. The van der Waals surface area contributed by atoms with Crippen LogP contribution >= 0.6 is 0 Å². The minimum atomic E-state index is -0.377. The van der Waals surface area contributed by atoms with Crippen molar-refractivity contribution >= 4 is 5.69 Å². The average Bonchev–Trinajstić information content (AvgIpc) is 2.53. The van der Waals surface area contributed by atoms with Gasteiger partial charge in [-0.15, -0.1) is 0 Å². The number of rotatable bonds is 7. The zero-order valence-electron chi connectivity index (χ0n) is 12.1. The highest BCUT2D eigenvalue weighted by molar-refractivity contribution is 5.48. The second-order valence-corrected chi connectivity index (χ2v) is 4.30. The van der Waals surface area contributed by atoms with E-state index in [1.165, 1.54) is 13.2 Å². The van der Waals surface area contributed by atoms with Gasteiger partial charge in [-0.25, -0.2) is 4.39 Å². The minimum Gasteiger partial charge on any atom is -0.497 e. The molecule has 2 aromatic carbocycles. The first kappa shape index (κ1) is 15.0. The number of halogens is 1. The van der Waals surface area contributed by atoms with E-state index in [1.54, 1.807) is 19.2 Å². The minimum absolute atomic E-state index is 0.219. The first-order valence-corrected chi connectivity index (χ1v) is 6.57. The van der Waals surface area contributed by atoms with E-state index in [0.717, 1.165) is 17.2 Å². The Balaban J connectivity index is 1.78. The van der Waals surface area contributed by atoms with Gasteiger partial charge < -0.3 is 19.5 Å². The molecule has 21 heavy (non-hydrogen) atoms. The zero-order chi connectivity index (χ0) is 15.1. The molecule has 0 unspecified atom stereocenters. The highest BCUT2D eigenvalue weighted by atomic mass is 19.1. The van der Waals surface area contributed by atoms with Crippen molar-refractivity contribution in [3.63, 3.8) is 0 Å². The van der Waals surface area contributed by atoms with Gasteiger partial charge in [0.2, 0.25) is 0 Å². The molecule has 0 heterocycles. The zero-order valence-corrected chi connectivity index (χ0v) is 12.1. The van der Waals surface area contributed by atoms with Gasteiger partial charge in [-0.2, -0.15) is 0 Å². The summed E-state index contributed by atoms with van der Waals surface area (Å²) in [5, 5.41) is 3.14. The molecule has 0 amide bonds. The Morgan fingerprint density at radius 1 is 0.952 bits per heavy atom. The molecule has 4 nitrogen and oxygen atoms in total. The molecule has 0 bridgehead atoms. The first-order chi connectivity index (χ1) is 10.2. The molecule has 1 N–H and O–H groups in total. The maximum absolute atomic E-state index is 13.3. The highest BCUT2D eigenvalue weighted by Gasteiger charge is 2.03. The predicted molar refractivity (Wildman–Crippen MR) is 79.9 cm³/mol. The third-order valence-electron chi connectivity index (χ3n) is 2.91. The Bertz CT molecular complexity index is 572. The van der Waals surface area contributed by atoms with E-state index >= 15 is 0 Å². The van der Waals surface area contributed by atoms with Gasteiger partial charge in [0.05, 0.1) is 14.2 Å². The monoisotopic (exact) mass is 291 g/mol. The molecule has 0 radical (unpaired) electrons. The Morgan fingerprint density at radius 3 is 2.33 bits per heavy atom. The number of hydrogen-bond donors (Lipinski definition) is 1. The summed E-state index contributed by atoms with van der Waals surface area (Å²) in [6.45, 7) is 1.09. The fourth-order valence-electron chi connectivity index (χ4n) is 1.81. The van der Waals surface area contributed by atoms with Crippen LogP contribution in [0.4, 0.5) is 10.1 Å². The summed E-state index contributed by atoms with van der Waals surface area (Å²) in [7, 11) is 3.06. The van der Waals surface area contributed by atoms with E-state index in [-0.39, 0.29) is 11.6 Å². The number of hydrogen-bond acceptors (Lipinski definition) is 4. The van der Waals surface area contributed by atoms with Crippen molar-refractivity contribution in [3.8, 4) is 17.2 Å². The summed E-state index contributed by atoms with van der Waals surface area (Å²) in [6, 6.07) is 12.0. The third kappa shape index (κ3) is 4.27. The molecule has 112 valence electrons. The predicted octanol–water partition coefficient (Wildman–Crippen LogP) is 3.33. The lowest BCUT2D eigenvalue weighted by molar-refractivity contribution is 0.331. The highest BCUT2D eigenvalue weighted by Crippen LogP contribution is 2.21. The molecular weight excluding hydrogens is 273 g/mol. The van der Waals surface area contributed by atoms with Gasteiger partial charge in [0.15, 0.2) is 11.6 Å². The van der Waals surface area contributed by atoms with Crippen LogP contribution in [0.3, 0.4) is 0 Å². The molecule has 0 fully saturated rings. The average molecular weight is 291 g/mol. The first-order valence-electron chi connectivity index (χ1n) is 6.57. The van der Waals surface area contributed by atoms with Gasteiger partial charge in [-0.05, 0) is 36.4 Å². The lowest BCUT2D eigenvalue weighted by Crippen LogP contribution is -2.11. The fraction of sp³-hybridized carbons (Fsp3) is 0.250. The quantitative estimate of drug-likeness (QED) is 0.794. The van der Waals surface area contributed by atoms with Gasteiger partial charge in [-0.1, -0.05) is 0 Å². The molecule has 0 spiro atoms. The van der Waals surface area contributed by atoms with Gasteiger partial charge in [-0.3, -0.25) is 0 Å². The van der Waals surface area contributed by atoms with Crippen molar-refractivity contribution in [2.45, 2.75) is 0 Å². The smallest absolute Gasteiger partial charge is 0.165 e. The van der Waals surface area contributed by atoms with Crippen LogP contribution in [0, 0.1) is 5.82 Å². The maximum atomic E-state index is 13.3. The van der Waals surface area contributed by atoms with Crippen molar-refractivity contribution in [2.24, 2.45) is 0 Å². The topological polar surface area (TPSA) is 39.7 Å². The Labute approximate surface area is 123 Å². The van der Waals surface area contributed by atoms with Crippen LogP contribution in [0.15, 0.2) is 42.5 Å². The molecule has 2 rings (SSSR count). The molecule has 0 aliphatic heterocycles. The number of benzene rings is 2. The number of ether oxygens (including phenoxy) is 3. The van der Waals surface area contributed by atoms with Crippen LogP contribution in [-0.2, 0) is 0 Å². The second-order valence-electron chi connectivity index (χ2n) is 4.30. The molecule has 0 aromatic heterocycles. The molecule has 0 saturated heterocycles. The lowest BCUT2D eigenvalue weighted by atomic mass is 10.3. The molecular formula is C16H18FNO3. The maximum Gasteiger partial charge on any atom is 0.165 e. The van der Waals surface area contributed by atoms with E-state index in [1.807, 2.05) is 24.3 Å². The fourth-order valence-corrected chi connectivity index (χ4v) is 1.81. The molecule has 5 heteroatoms. The summed E-state index contributed by atoms with van der Waals surface area (Å²) in [5.41, 5.74) is 0.784. The van der Waals surface area contributed by atoms with Gasteiger partial charge in [0, 0.05) is 18.3 Å². The second kappa shape index (κ2) is 7.38. The SMILES string of the molecule is COc1ccc(OCCNc2ccc(F)c(OC)c2)cc1. The van der Waals surface area contributed by atoms with Crippen LogP contribution in [0.25, 0.3) is 0 Å². The third-order valence-corrected chi connectivity index (χ3v) is 2.91. The number of anilines is 1. The van der Waals surface area contributed by atoms with E-state index in [9.17, 15) is 4.39 Å². The van der Waals surface area contributed by atoms with Crippen LogP contribution in [0.1, 0.15) is 0 Å². The standard InChI is InChI=1S/C16H18FNO3/c1-19-13-4-6-14(7-5-13)21-10-9-18-12-3-8-15(17)16(11-12)20-2/h3-8,11,18H,9-10H2,1-2H3. The Kier molecular flexibility index (Phi) is 5.26. The van der Waals surface area contributed by atoms with E-state index < -0.39 is 0 Å². The van der Waals surface area contributed by atoms with Gasteiger partial charge >= 0.3 is 0 Å². The summed E-state index contributed by atoms with van der Waals surface area (Å²) < 4.78 is 28.8. The van der Waals surface area contributed by atoms with E-state index in [2.05, 4.69) is 5.32 Å². The Morgan fingerprint density at radius 2 is 1.67 bits per heavy atom. The van der Waals surface area contributed by atoms with Crippen molar-refractivity contribution in [1.82, 2.24) is 0 Å². The lowest BCUT2D eigenvalue weighted by Gasteiger charge is -2.10. The van der Waals surface area contributed by atoms with Crippen molar-refractivity contribution in [3.05, 3.63) is 48.3 Å². The van der Waals surface area contributed by atoms with Crippen molar-refractivity contribution in [1.29, 1.82) is 0 Å². The normalized spacial score (nSPS) is 10.0. The summed E-state index contributed by atoms with van der Waals surface area (Å²) in [4.78, 5) is 0. The summed E-state index contributed by atoms with van der Waals surface area (Å²) >= 11 is 0. The number of nitrogens with one attached hydrogen (secondary N) is 1. The van der Waals surface area contributed by atoms with Gasteiger partial charge in [0.25, 0.3) is 0 Å². The van der Waals surface area contributed by atoms with Gasteiger partial charge in [0.1, 0.15) is 18.1 Å². The molecule has 2 aromatic rings. The summed E-state index contributed by atoms with van der Waals surface area (Å²) in [6.07, 6.45) is 0. The van der Waals surface area contributed by atoms with E-state index in [4.69, 9.17) is 14.2 Å². The van der Waals surface area contributed by atoms with Crippen LogP contribution in [0.5, 0.6) is 17.2 Å². The largest absolute Gasteiger partial charge is 0.497 e. The number of methoxy groups -OCH3 is 2. The van der Waals surface area contributed by atoms with Crippen LogP contribution < -0.4 is 19.5 Å². The van der Waals surface area contributed by atoms with Crippen molar-refractivity contribution < 1.29 is 18.6 Å². The van der Waals surface area contributed by atoms with Crippen LogP contribution in [-0.4, -0.2) is 27.4 Å². The molecule has 0 aliphatic carbocycles. The van der Waals surface area contributed by atoms with Crippen molar-refractivity contribution in [2.75, 3.05) is 32.7 Å². The van der Waals surface area contributed by atoms with E-state index in [0.29, 0.717) is 13.2 Å². The molecule has 0 atom stereocenters.